The van der Waals surface area contributed by atoms with Gasteiger partial charge in [-0.15, -0.1) is 0 Å². The lowest BCUT2D eigenvalue weighted by Gasteiger charge is -2.16. The lowest BCUT2D eigenvalue weighted by Crippen LogP contribution is -2.16. The average Bonchev–Trinajstić information content (AvgIpc) is 3.17. The molecule has 2 N–H and O–H groups in total. The standard InChI is InChI=1S/C23H22ClN5O2S/c1-15-4-3-5-16(10-15)14-31-21-19(24)11-17(12-20(21)30-2)13-26-29-22(27-28-23(29)32)18-6-8-25-9-7-18/h3-12,26H,13-14H2,1-2H3,(H,28,32). The van der Waals surface area contributed by atoms with Crippen LogP contribution in [0.2, 0.25) is 5.02 Å². The van der Waals surface area contributed by atoms with Crippen LogP contribution < -0.4 is 14.9 Å². The molecule has 0 aliphatic rings. The molecule has 0 saturated carbocycles. The van der Waals surface area contributed by atoms with Crippen molar-refractivity contribution in [1.82, 2.24) is 19.9 Å². The first-order chi connectivity index (χ1) is 15.5. The highest BCUT2D eigenvalue weighted by Gasteiger charge is 2.14. The highest BCUT2D eigenvalue weighted by Crippen LogP contribution is 2.37. The number of aromatic nitrogens is 4. The summed E-state index contributed by atoms with van der Waals surface area (Å²) in [6, 6.07) is 15.6. The minimum absolute atomic E-state index is 0.398. The molecule has 7 nitrogen and oxygen atoms in total. The smallest absolute Gasteiger partial charge is 0.214 e. The zero-order valence-electron chi connectivity index (χ0n) is 17.6. The second-order valence-corrected chi connectivity index (χ2v) is 7.94. The largest absolute Gasteiger partial charge is 0.493 e. The Morgan fingerprint density at radius 3 is 2.69 bits per heavy atom. The third-order valence-corrected chi connectivity index (χ3v) is 5.36. The van der Waals surface area contributed by atoms with Gasteiger partial charge < -0.3 is 14.9 Å². The summed E-state index contributed by atoms with van der Waals surface area (Å²) < 4.78 is 13.7. The summed E-state index contributed by atoms with van der Waals surface area (Å²) >= 11 is 11.9. The topological polar surface area (TPSA) is 77.0 Å². The van der Waals surface area contributed by atoms with Gasteiger partial charge in [0.15, 0.2) is 17.3 Å². The number of halogens is 1. The van der Waals surface area contributed by atoms with E-state index in [1.165, 1.54) is 5.56 Å². The molecule has 32 heavy (non-hydrogen) atoms. The van der Waals surface area contributed by atoms with Crippen molar-refractivity contribution < 1.29 is 9.47 Å². The number of nitrogens with one attached hydrogen (secondary N) is 2. The molecule has 4 aromatic rings. The van der Waals surface area contributed by atoms with Crippen LogP contribution >= 0.6 is 23.8 Å². The quantitative estimate of drug-likeness (QED) is 0.342. The zero-order valence-corrected chi connectivity index (χ0v) is 19.2. The predicted octanol–water partition coefficient (Wildman–Crippen LogP) is 5.30. The fourth-order valence-corrected chi connectivity index (χ4v) is 3.77. The van der Waals surface area contributed by atoms with Crippen LogP contribution in [0.5, 0.6) is 11.5 Å². The minimum atomic E-state index is 0.398. The predicted molar refractivity (Wildman–Crippen MR) is 127 cm³/mol. The fraction of sp³-hybridized carbons (Fsp3) is 0.174. The molecule has 0 spiro atoms. The Balaban J connectivity index is 1.52. The van der Waals surface area contributed by atoms with Crippen LogP contribution in [0.1, 0.15) is 16.7 Å². The summed E-state index contributed by atoms with van der Waals surface area (Å²) in [6.45, 7) is 2.89. The molecule has 2 heterocycles. The van der Waals surface area contributed by atoms with E-state index in [1.54, 1.807) is 24.2 Å². The number of nitrogens with zero attached hydrogens (tertiary/aromatic N) is 3. The molecule has 9 heteroatoms. The molecule has 0 atom stereocenters. The monoisotopic (exact) mass is 467 g/mol. The molecule has 164 valence electrons. The van der Waals surface area contributed by atoms with Crippen molar-refractivity contribution >= 4 is 23.8 Å². The lowest BCUT2D eigenvalue weighted by molar-refractivity contribution is 0.284. The van der Waals surface area contributed by atoms with Crippen LogP contribution in [0.15, 0.2) is 60.9 Å². The van der Waals surface area contributed by atoms with Crippen LogP contribution in [-0.2, 0) is 13.2 Å². The number of ether oxygens (including phenoxy) is 2. The number of H-pyrrole nitrogens is 1. The number of aryl methyl sites for hydroxylation is 1. The molecule has 4 rings (SSSR count). The maximum atomic E-state index is 6.54. The number of methoxy groups -OCH3 is 1. The maximum Gasteiger partial charge on any atom is 0.214 e. The molecular formula is C23H22ClN5O2S. The van der Waals surface area contributed by atoms with E-state index < -0.39 is 0 Å². The van der Waals surface area contributed by atoms with E-state index in [9.17, 15) is 0 Å². The van der Waals surface area contributed by atoms with E-state index in [2.05, 4.69) is 26.7 Å². The van der Waals surface area contributed by atoms with Gasteiger partial charge in [-0.3, -0.25) is 4.98 Å². The molecule has 0 aliphatic heterocycles. The zero-order chi connectivity index (χ0) is 22.5. The number of aromatic amines is 1. The van der Waals surface area contributed by atoms with Crippen molar-refractivity contribution in [2.24, 2.45) is 0 Å². The summed E-state index contributed by atoms with van der Waals surface area (Å²) in [5.74, 6) is 1.73. The van der Waals surface area contributed by atoms with Crippen LogP contribution in [0.25, 0.3) is 11.4 Å². The van der Waals surface area contributed by atoms with Gasteiger partial charge in [0.25, 0.3) is 0 Å². The highest BCUT2D eigenvalue weighted by atomic mass is 35.5. The highest BCUT2D eigenvalue weighted by molar-refractivity contribution is 7.71. The van der Waals surface area contributed by atoms with Gasteiger partial charge in [0.2, 0.25) is 4.77 Å². The van der Waals surface area contributed by atoms with Gasteiger partial charge >= 0.3 is 0 Å². The molecule has 0 aliphatic carbocycles. The maximum absolute atomic E-state index is 6.54. The Hall–Kier alpha value is -3.36. The summed E-state index contributed by atoms with van der Waals surface area (Å²) in [6.07, 6.45) is 3.41. The van der Waals surface area contributed by atoms with Crippen molar-refractivity contribution in [3.8, 4) is 22.9 Å². The molecule has 2 aromatic carbocycles. The van der Waals surface area contributed by atoms with Crippen LogP contribution in [0.4, 0.5) is 0 Å². The van der Waals surface area contributed by atoms with Crippen molar-refractivity contribution in [3.63, 3.8) is 0 Å². The molecule has 0 amide bonds. The third kappa shape index (κ3) is 4.92. The second-order valence-electron chi connectivity index (χ2n) is 7.15. The number of hydrogen-bond acceptors (Lipinski definition) is 6. The van der Waals surface area contributed by atoms with Crippen LogP contribution in [0.3, 0.4) is 0 Å². The Morgan fingerprint density at radius 1 is 1.12 bits per heavy atom. The SMILES string of the molecule is COc1cc(CNn2c(-c3ccncc3)n[nH]c2=S)cc(Cl)c1OCc1cccc(C)c1. The fourth-order valence-electron chi connectivity index (χ4n) is 3.28. The van der Waals surface area contributed by atoms with E-state index in [0.29, 0.717) is 40.3 Å². The Bertz CT molecular complexity index is 1270. The van der Waals surface area contributed by atoms with Crippen molar-refractivity contribution in [3.05, 3.63) is 87.4 Å². The number of benzene rings is 2. The van der Waals surface area contributed by atoms with Gasteiger partial charge in [-0.25, -0.2) is 9.77 Å². The van der Waals surface area contributed by atoms with Crippen LogP contribution in [-0.4, -0.2) is 27.0 Å². The third-order valence-electron chi connectivity index (χ3n) is 4.81. The first-order valence-electron chi connectivity index (χ1n) is 9.91. The summed E-state index contributed by atoms with van der Waals surface area (Å²) in [5, 5.41) is 7.59. The first kappa shape index (κ1) is 21.9. The van der Waals surface area contributed by atoms with Gasteiger partial charge in [-0.2, -0.15) is 5.10 Å². The van der Waals surface area contributed by atoms with E-state index in [4.69, 9.17) is 33.3 Å². The van der Waals surface area contributed by atoms with E-state index >= 15 is 0 Å². The lowest BCUT2D eigenvalue weighted by atomic mass is 10.1. The molecule has 0 unspecified atom stereocenters. The number of rotatable bonds is 8. The van der Waals surface area contributed by atoms with E-state index in [0.717, 1.165) is 16.7 Å². The van der Waals surface area contributed by atoms with Crippen molar-refractivity contribution in [2.75, 3.05) is 12.5 Å². The normalized spacial score (nSPS) is 10.7. The summed E-state index contributed by atoms with van der Waals surface area (Å²) in [5.41, 5.74) is 7.31. The average molecular weight is 468 g/mol. The summed E-state index contributed by atoms with van der Waals surface area (Å²) in [7, 11) is 1.59. The van der Waals surface area contributed by atoms with Crippen molar-refractivity contribution in [2.45, 2.75) is 20.1 Å². The number of pyridine rings is 1. The van der Waals surface area contributed by atoms with E-state index in [-0.39, 0.29) is 0 Å². The number of hydrogen-bond donors (Lipinski definition) is 2. The molecule has 2 aromatic heterocycles. The minimum Gasteiger partial charge on any atom is -0.493 e. The van der Waals surface area contributed by atoms with E-state index in [1.807, 2.05) is 49.4 Å². The molecule has 0 bridgehead atoms. The van der Waals surface area contributed by atoms with Gasteiger partial charge in [0, 0.05) is 18.0 Å². The van der Waals surface area contributed by atoms with Crippen LogP contribution in [0, 0.1) is 11.7 Å². The Kier molecular flexibility index (Phi) is 6.72. The molecule has 0 fully saturated rings. The Morgan fingerprint density at radius 2 is 1.94 bits per heavy atom. The van der Waals surface area contributed by atoms with Crippen molar-refractivity contribution in [1.29, 1.82) is 0 Å². The summed E-state index contributed by atoms with van der Waals surface area (Å²) in [4.78, 5) is 4.04. The molecule has 0 saturated heterocycles. The second kappa shape index (κ2) is 9.84. The van der Waals surface area contributed by atoms with Gasteiger partial charge in [-0.1, -0.05) is 41.4 Å². The first-order valence-corrected chi connectivity index (χ1v) is 10.7. The Labute approximate surface area is 196 Å². The molecule has 0 radical (unpaired) electrons. The van der Waals surface area contributed by atoms with Gasteiger partial charge in [0.05, 0.1) is 18.7 Å². The molecular weight excluding hydrogens is 446 g/mol. The van der Waals surface area contributed by atoms with Gasteiger partial charge in [0.1, 0.15) is 6.61 Å². The van der Waals surface area contributed by atoms with Gasteiger partial charge in [-0.05, 0) is 54.5 Å².